The third-order valence-electron chi connectivity index (χ3n) is 2.79. The van der Waals surface area contributed by atoms with Crippen LogP contribution in [0.15, 0.2) is 28.4 Å². The molecule has 0 radical (unpaired) electrons. The lowest BCUT2D eigenvalue weighted by Crippen LogP contribution is -2.31. The summed E-state index contributed by atoms with van der Waals surface area (Å²) in [5.74, 6) is -0.388. The number of primary amides is 1. The van der Waals surface area contributed by atoms with Crippen molar-refractivity contribution in [3.05, 3.63) is 34.3 Å². The average Bonchev–Trinajstić information content (AvgIpc) is 2.61. The normalized spacial score (nSPS) is 19.4. The molecule has 1 amide bonds. The quantitative estimate of drug-likeness (QED) is 0.669. The summed E-state index contributed by atoms with van der Waals surface area (Å²) < 4.78 is 0. The van der Waals surface area contributed by atoms with E-state index in [2.05, 4.69) is 15.5 Å². The summed E-state index contributed by atoms with van der Waals surface area (Å²) in [7, 11) is 0. The second-order valence-corrected chi connectivity index (χ2v) is 3.88. The van der Waals surface area contributed by atoms with Gasteiger partial charge in [0, 0.05) is 11.8 Å². The number of hydrogen-bond acceptors (Lipinski definition) is 4. The van der Waals surface area contributed by atoms with Crippen molar-refractivity contribution < 1.29 is 4.79 Å². The lowest BCUT2D eigenvalue weighted by molar-refractivity contribution is -0.117. The topological polar surface area (TPSA) is 79.8 Å². The van der Waals surface area contributed by atoms with Gasteiger partial charge in [-0.3, -0.25) is 4.79 Å². The molecule has 5 nitrogen and oxygen atoms in total. The smallest absolute Gasteiger partial charge is 0.243 e. The van der Waals surface area contributed by atoms with Gasteiger partial charge in [-0.05, 0) is 29.5 Å². The zero-order valence-electron chi connectivity index (χ0n) is 8.92. The van der Waals surface area contributed by atoms with Crippen LogP contribution in [0, 0.1) is 0 Å². The minimum Gasteiger partial charge on any atom is -0.370 e. The molecule has 1 unspecified atom stereocenters. The Morgan fingerprint density at radius 3 is 3.12 bits per heavy atom. The summed E-state index contributed by atoms with van der Waals surface area (Å²) in [4.78, 5) is 11.2. The van der Waals surface area contributed by atoms with Crippen molar-refractivity contribution in [1.82, 2.24) is 0 Å². The maximum atomic E-state index is 11.2. The maximum Gasteiger partial charge on any atom is 0.243 e. The Morgan fingerprint density at radius 1 is 1.41 bits per heavy atom. The molecule has 17 heavy (non-hydrogen) atoms. The number of nitrogens with two attached hydrogens (primary N) is 1. The molecule has 3 rings (SSSR count). The molecule has 0 aliphatic carbocycles. The monoisotopic (exact) mass is 226 g/mol. The van der Waals surface area contributed by atoms with Crippen molar-refractivity contribution in [2.45, 2.75) is 6.04 Å². The van der Waals surface area contributed by atoms with Crippen LogP contribution >= 0.6 is 0 Å². The fourth-order valence-electron chi connectivity index (χ4n) is 1.98. The van der Waals surface area contributed by atoms with E-state index in [0.717, 1.165) is 21.8 Å². The number of allylic oxidation sites excluding steroid dienone is 1. The predicted octanol–water partition coefficient (Wildman–Crippen LogP) is -0.621. The van der Waals surface area contributed by atoms with Crippen LogP contribution in [0.1, 0.15) is 5.56 Å². The minimum absolute atomic E-state index is 0.388. The van der Waals surface area contributed by atoms with Gasteiger partial charge in [-0.2, -0.15) is 10.2 Å². The van der Waals surface area contributed by atoms with Crippen LogP contribution in [-0.4, -0.2) is 18.2 Å². The van der Waals surface area contributed by atoms with E-state index in [-0.39, 0.29) is 5.91 Å². The summed E-state index contributed by atoms with van der Waals surface area (Å²) in [5.41, 5.74) is 7.10. The fraction of sp³-hybridized carbons (Fsp3) is 0.0833. The maximum absolute atomic E-state index is 11.2. The van der Waals surface area contributed by atoms with Crippen LogP contribution in [0.25, 0.3) is 12.2 Å². The van der Waals surface area contributed by atoms with E-state index in [1.807, 2.05) is 30.4 Å². The molecule has 1 aromatic carbocycles. The van der Waals surface area contributed by atoms with E-state index < -0.39 is 6.04 Å². The summed E-state index contributed by atoms with van der Waals surface area (Å²) in [6.45, 7) is 0. The van der Waals surface area contributed by atoms with Gasteiger partial charge >= 0.3 is 0 Å². The fourth-order valence-corrected chi connectivity index (χ4v) is 1.98. The van der Waals surface area contributed by atoms with Gasteiger partial charge in [0.05, 0.1) is 11.0 Å². The van der Waals surface area contributed by atoms with E-state index in [4.69, 9.17) is 5.73 Å². The second-order valence-electron chi connectivity index (χ2n) is 3.88. The van der Waals surface area contributed by atoms with Gasteiger partial charge in [-0.1, -0.05) is 6.07 Å². The Hall–Kier alpha value is -2.43. The Morgan fingerprint density at radius 2 is 2.29 bits per heavy atom. The molecule has 2 aliphatic heterocycles. The van der Waals surface area contributed by atoms with Gasteiger partial charge in [0.1, 0.15) is 6.04 Å². The third-order valence-corrected chi connectivity index (χ3v) is 2.79. The largest absolute Gasteiger partial charge is 0.370 e. The molecule has 3 N–H and O–H groups in total. The third kappa shape index (κ3) is 1.52. The highest BCUT2D eigenvalue weighted by Gasteiger charge is 2.20. The molecule has 0 saturated carbocycles. The number of anilines is 1. The Bertz CT molecular complexity index is 672. The Labute approximate surface area is 97.0 Å². The van der Waals surface area contributed by atoms with Crippen LogP contribution in [0.4, 0.5) is 5.69 Å². The summed E-state index contributed by atoms with van der Waals surface area (Å²) in [5, 5.41) is 12.8. The molecule has 84 valence electrons. The number of benzene rings is 1. The van der Waals surface area contributed by atoms with Gasteiger partial charge < -0.3 is 11.1 Å². The predicted molar refractivity (Wildman–Crippen MR) is 65.8 cm³/mol. The number of carbonyl (C=O) groups is 1. The second kappa shape index (κ2) is 3.55. The molecular weight excluding hydrogens is 216 g/mol. The van der Waals surface area contributed by atoms with E-state index in [1.165, 1.54) is 0 Å². The molecule has 0 saturated heterocycles. The number of amides is 1. The lowest BCUT2D eigenvalue weighted by Gasteiger charge is -2.08. The molecule has 0 fully saturated rings. The highest BCUT2D eigenvalue weighted by atomic mass is 16.1. The van der Waals surface area contributed by atoms with Crippen molar-refractivity contribution in [3.63, 3.8) is 0 Å². The summed E-state index contributed by atoms with van der Waals surface area (Å²) >= 11 is 0. The van der Waals surface area contributed by atoms with Gasteiger partial charge in [-0.25, -0.2) is 0 Å². The molecular formula is C12H10N4O. The zero-order valence-corrected chi connectivity index (χ0v) is 8.92. The van der Waals surface area contributed by atoms with E-state index in [1.54, 1.807) is 6.21 Å². The molecule has 1 aromatic rings. The highest BCUT2D eigenvalue weighted by molar-refractivity contribution is 5.94. The summed E-state index contributed by atoms with van der Waals surface area (Å²) in [6, 6.07) is 3.33. The SMILES string of the molecule is NC(=O)C1C=c2ccc3c(c2N1)C=CC=NN=3. The van der Waals surface area contributed by atoms with Crippen LogP contribution in [-0.2, 0) is 4.79 Å². The molecule has 2 heterocycles. The Kier molecular flexibility index (Phi) is 2.04. The summed E-state index contributed by atoms with van der Waals surface area (Å²) in [6.07, 6.45) is 7.17. The van der Waals surface area contributed by atoms with Gasteiger partial charge in [0.15, 0.2) is 0 Å². The van der Waals surface area contributed by atoms with Gasteiger partial charge in [0.2, 0.25) is 5.91 Å². The van der Waals surface area contributed by atoms with Crippen molar-refractivity contribution in [2.24, 2.45) is 15.9 Å². The van der Waals surface area contributed by atoms with Crippen LogP contribution in [0.3, 0.4) is 0 Å². The van der Waals surface area contributed by atoms with Crippen molar-refractivity contribution >= 4 is 30.0 Å². The number of nitrogens with one attached hydrogen (secondary N) is 1. The van der Waals surface area contributed by atoms with Crippen molar-refractivity contribution in [1.29, 1.82) is 0 Å². The van der Waals surface area contributed by atoms with Crippen molar-refractivity contribution in [3.8, 4) is 0 Å². The molecule has 0 aromatic heterocycles. The van der Waals surface area contributed by atoms with Gasteiger partial charge in [0.25, 0.3) is 0 Å². The number of rotatable bonds is 1. The zero-order chi connectivity index (χ0) is 11.8. The first-order valence-corrected chi connectivity index (χ1v) is 5.24. The average molecular weight is 226 g/mol. The molecule has 5 heteroatoms. The first kappa shape index (κ1) is 9.77. The standard InChI is InChI=1S/C12H10N4O/c13-12(17)10-6-7-3-4-9-8(11(7)15-10)2-1-5-14-16-9/h1-6,10,15H,(H2,13,17). The molecule has 1 atom stereocenters. The van der Waals surface area contributed by atoms with E-state index in [0.29, 0.717) is 0 Å². The van der Waals surface area contributed by atoms with Crippen LogP contribution in [0.2, 0.25) is 0 Å². The molecule has 2 aliphatic rings. The van der Waals surface area contributed by atoms with E-state index >= 15 is 0 Å². The lowest BCUT2D eigenvalue weighted by atomic mass is 10.1. The van der Waals surface area contributed by atoms with Gasteiger partial charge in [-0.15, -0.1) is 0 Å². The van der Waals surface area contributed by atoms with Crippen molar-refractivity contribution in [2.75, 3.05) is 5.32 Å². The number of nitrogens with zero attached hydrogens (tertiary/aromatic N) is 2. The first-order valence-electron chi connectivity index (χ1n) is 5.24. The van der Waals surface area contributed by atoms with Crippen LogP contribution in [0.5, 0.6) is 0 Å². The highest BCUT2D eigenvalue weighted by Crippen LogP contribution is 2.15. The van der Waals surface area contributed by atoms with Crippen LogP contribution < -0.4 is 21.6 Å². The minimum atomic E-state index is -0.450. The number of hydrogen-bond donors (Lipinski definition) is 2. The number of fused-ring (bicyclic) bond motifs is 3. The molecule has 0 bridgehead atoms. The first-order chi connectivity index (χ1) is 8.25. The number of carbonyl (C=O) groups excluding carboxylic acids is 1. The Balaban J connectivity index is 2.21. The molecule has 0 spiro atoms. The van der Waals surface area contributed by atoms with E-state index in [9.17, 15) is 4.79 Å².